The van der Waals surface area contributed by atoms with Crippen LogP contribution in [0.2, 0.25) is 5.02 Å². The van der Waals surface area contributed by atoms with E-state index in [1.807, 2.05) is 13.0 Å². The lowest BCUT2D eigenvalue weighted by atomic mass is 10.2. The highest BCUT2D eigenvalue weighted by molar-refractivity contribution is 6.31. The molecule has 16 heavy (non-hydrogen) atoms. The fraction of sp³-hybridized carbons (Fsp3) is 0.364. The zero-order valence-corrected chi connectivity index (χ0v) is 9.91. The molecule has 0 aliphatic heterocycles. The van der Waals surface area contributed by atoms with E-state index in [0.717, 1.165) is 16.7 Å². The molecule has 0 bridgehead atoms. The quantitative estimate of drug-likeness (QED) is 0.895. The van der Waals surface area contributed by atoms with Gasteiger partial charge in [0, 0.05) is 12.1 Å². The second-order valence-electron chi connectivity index (χ2n) is 3.68. The molecule has 0 aliphatic rings. The topological polar surface area (TPSA) is 61.3 Å². The van der Waals surface area contributed by atoms with Crippen LogP contribution < -0.4 is 5.73 Å². The Hall–Kier alpha value is -1.10. The second kappa shape index (κ2) is 4.41. The van der Waals surface area contributed by atoms with Gasteiger partial charge in [-0.05, 0) is 24.6 Å². The van der Waals surface area contributed by atoms with Crippen LogP contribution in [0.25, 0.3) is 11.1 Å². The zero-order chi connectivity index (χ0) is 11.7. The van der Waals surface area contributed by atoms with Crippen molar-refractivity contribution in [2.45, 2.75) is 13.0 Å². The number of fused-ring (bicyclic) bond motifs is 1. The number of oxazole rings is 1. The first-order valence-electron chi connectivity index (χ1n) is 4.93. The first-order valence-corrected chi connectivity index (χ1v) is 5.30. The first-order chi connectivity index (χ1) is 7.61. The molecule has 0 fully saturated rings. The van der Waals surface area contributed by atoms with Gasteiger partial charge >= 0.3 is 0 Å². The fourth-order valence-electron chi connectivity index (χ4n) is 1.58. The van der Waals surface area contributed by atoms with Gasteiger partial charge in [0.05, 0.1) is 6.61 Å². The number of hydrogen-bond acceptors (Lipinski definition) is 4. The Kier molecular flexibility index (Phi) is 3.14. The number of hydrogen-bond donors (Lipinski definition) is 1. The summed E-state index contributed by atoms with van der Waals surface area (Å²) in [6.07, 6.45) is 0. The van der Waals surface area contributed by atoms with E-state index in [1.54, 1.807) is 13.2 Å². The minimum Gasteiger partial charge on any atom is -0.439 e. The van der Waals surface area contributed by atoms with Crippen LogP contribution in [0.4, 0.5) is 0 Å². The number of rotatable bonds is 3. The van der Waals surface area contributed by atoms with E-state index >= 15 is 0 Å². The van der Waals surface area contributed by atoms with Crippen LogP contribution in [0.3, 0.4) is 0 Å². The van der Waals surface area contributed by atoms with Gasteiger partial charge in [-0.15, -0.1) is 0 Å². The van der Waals surface area contributed by atoms with Crippen molar-refractivity contribution in [3.05, 3.63) is 28.6 Å². The highest BCUT2D eigenvalue weighted by atomic mass is 35.5. The van der Waals surface area contributed by atoms with Crippen molar-refractivity contribution in [2.24, 2.45) is 5.73 Å². The summed E-state index contributed by atoms with van der Waals surface area (Å²) < 4.78 is 10.6. The molecule has 0 spiro atoms. The monoisotopic (exact) mass is 240 g/mol. The minimum absolute atomic E-state index is 0.351. The van der Waals surface area contributed by atoms with Crippen LogP contribution in [-0.2, 0) is 4.74 Å². The number of halogens is 1. The van der Waals surface area contributed by atoms with E-state index in [4.69, 9.17) is 26.5 Å². The summed E-state index contributed by atoms with van der Waals surface area (Å²) in [5, 5.41) is 0.644. The molecule has 1 aromatic heterocycles. The third kappa shape index (κ3) is 2.04. The van der Waals surface area contributed by atoms with Gasteiger partial charge in [0.2, 0.25) is 5.89 Å². The first kappa shape index (κ1) is 11.4. The molecule has 1 heterocycles. The molecule has 0 saturated carbocycles. The van der Waals surface area contributed by atoms with Crippen LogP contribution in [0, 0.1) is 6.92 Å². The van der Waals surface area contributed by atoms with Crippen molar-refractivity contribution in [3.63, 3.8) is 0 Å². The number of ether oxygens (including phenoxy) is 1. The Morgan fingerprint density at radius 1 is 1.56 bits per heavy atom. The molecular formula is C11H13ClN2O2. The molecule has 5 heteroatoms. The number of aryl methyl sites for hydroxylation is 1. The highest BCUT2D eigenvalue weighted by Crippen LogP contribution is 2.25. The average Bonchev–Trinajstić information content (AvgIpc) is 2.62. The predicted octanol–water partition coefficient (Wildman–Crippen LogP) is 2.44. The Labute approximate surface area is 98.3 Å². The van der Waals surface area contributed by atoms with E-state index < -0.39 is 0 Å². The van der Waals surface area contributed by atoms with E-state index in [2.05, 4.69) is 4.98 Å². The maximum atomic E-state index is 5.94. The number of methoxy groups -OCH3 is 1. The average molecular weight is 241 g/mol. The Morgan fingerprint density at radius 3 is 3.00 bits per heavy atom. The summed E-state index contributed by atoms with van der Waals surface area (Å²) in [5.41, 5.74) is 8.25. The van der Waals surface area contributed by atoms with Gasteiger partial charge in [-0.25, -0.2) is 4.98 Å². The van der Waals surface area contributed by atoms with Crippen LogP contribution in [-0.4, -0.2) is 18.7 Å². The van der Waals surface area contributed by atoms with Gasteiger partial charge in [0.15, 0.2) is 5.58 Å². The maximum Gasteiger partial charge on any atom is 0.214 e. The molecule has 0 radical (unpaired) electrons. The molecule has 1 atom stereocenters. The largest absolute Gasteiger partial charge is 0.439 e. The SMILES string of the molecule is COCC(N)c1nc2cc(Cl)cc(C)c2o1. The van der Waals surface area contributed by atoms with Crippen molar-refractivity contribution in [1.29, 1.82) is 0 Å². The Bertz CT molecular complexity index is 510. The lowest BCUT2D eigenvalue weighted by Crippen LogP contribution is -2.16. The number of nitrogens with zero attached hydrogens (tertiary/aromatic N) is 1. The summed E-state index contributed by atoms with van der Waals surface area (Å²) in [4.78, 5) is 4.30. The summed E-state index contributed by atoms with van der Waals surface area (Å²) in [5.74, 6) is 0.474. The third-order valence-electron chi connectivity index (χ3n) is 2.32. The van der Waals surface area contributed by atoms with E-state index in [9.17, 15) is 0 Å². The van der Waals surface area contributed by atoms with Gasteiger partial charge in [-0.2, -0.15) is 0 Å². The van der Waals surface area contributed by atoms with E-state index in [-0.39, 0.29) is 6.04 Å². The highest BCUT2D eigenvalue weighted by Gasteiger charge is 2.15. The van der Waals surface area contributed by atoms with Crippen molar-refractivity contribution in [1.82, 2.24) is 4.98 Å². The van der Waals surface area contributed by atoms with Gasteiger partial charge in [0.25, 0.3) is 0 Å². The normalized spacial score (nSPS) is 13.2. The predicted molar refractivity (Wildman–Crippen MR) is 62.6 cm³/mol. The summed E-state index contributed by atoms with van der Waals surface area (Å²) in [6, 6.07) is 3.24. The fourth-order valence-corrected chi connectivity index (χ4v) is 1.85. The Morgan fingerprint density at radius 2 is 2.31 bits per heavy atom. The summed E-state index contributed by atoms with van der Waals surface area (Å²) >= 11 is 5.94. The molecule has 0 saturated heterocycles. The lowest BCUT2D eigenvalue weighted by Gasteiger charge is -2.03. The zero-order valence-electron chi connectivity index (χ0n) is 9.16. The van der Waals surface area contributed by atoms with Gasteiger partial charge in [-0.1, -0.05) is 11.6 Å². The number of aromatic nitrogens is 1. The minimum atomic E-state index is -0.351. The van der Waals surface area contributed by atoms with E-state index in [1.165, 1.54) is 0 Å². The second-order valence-corrected chi connectivity index (χ2v) is 4.12. The molecular weight excluding hydrogens is 228 g/mol. The maximum absolute atomic E-state index is 5.94. The van der Waals surface area contributed by atoms with Crippen LogP contribution in [0.15, 0.2) is 16.5 Å². The molecule has 4 nitrogen and oxygen atoms in total. The van der Waals surface area contributed by atoms with E-state index in [0.29, 0.717) is 17.5 Å². The molecule has 0 amide bonds. The molecule has 1 unspecified atom stereocenters. The molecule has 2 N–H and O–H groups in total. The Balaban J connectivity index is 2.47. The van der Waals surface area contributed by atoms with Crippen molar-refractivity contribution in [2.75, 3.05) is 13.7 Å². The third-order valence-corrected chi connectivity index (χ3v) is 2.54. The molecule has 86 valence electrons. The summed E-state index contributed by atoms with van der Waals surface area (Å²) in [6.45, 7) is 2.30. The van der Waals surface area contributed by atoms with Crippen molar-refractivity contribution in [3.8, 4) is 0 Å². The molecule has 2 rings (SSSR count). The summed E-state index contributed by atoms with van der Waals surface area (Å²) in [7, 11) is 1.59. The van der Waals surface area contributed by atoms with Gasteiger partial charge in [0.1, 0.15) is 11.6 Å². The van der Waals surface area contributed by atoms with Gasteiger partial charge < -0.3 is 14.9 Å². The standard InChI is InChI=1S/C11H13ClN2O2/c1-6-3-7(12)4-9-10(6)16-11(14-9)8(13)5-15-2/h3-4,8H,5,13H2,1-2H3. The molecule has 2 aromatic rings. The number of nitrogens with two attached hydrogens (primary N) is 1. The smallest absolute Gasteiger partial charge is 0.214 e. The van der Waals surface area contributed by atoms with Crippen LogP contribution in [0.1, 0.15) is 17.5 Å². The van der Waals surface area contributed by atoms with Crippen molar-refractivity contribution < 1.29 is 9.15 Å². The van der Waals surface area contributed by atoms with Crippen LogP contribution >= 0.6 is 11.6 Å². The van der Waals surface area contributed by atoms with Crippen LogP contribution in [0.5, 0.6) is 0 Å². The lowest BCUT2D eigenvalue weighted by molar-refractivity contribution is 0.171. The van der Waals surface area contributed by atoms with Crippen molar-refractivity contribution >= 4 is 22.7 Å². The number of benzene rings is 1. The molecule has 0 aliphatic carbocycles. The van der Waals surface area contributed by atoms with Gasteiger partial charge in [-0.3, -0.25) is 0 Å². The molecule has 1 aromatic carbocycles.